The third kappa shape index (κ3) is 6.18. The molecule has 1 unspecified atom stereocenters. The van der Waals surface area contributed by atoms with Gasteiger partial charge in [-0.05, 0) is 75.2 Å². The van der Waals surface area contributed by atoms with E-state index in [1.54, 1.807) is 4.90 Å². The number of nitrogens with one attached hydrogen (secondary N) is 2. The Morgan fingerprint density at radius 1 is 0.950 bits per heavy atom. The number of anilines is 1. The number of nitrogens with zero attached hydrogens (tertiary/aromatic N) is 1. The van der Waals surface area contributed by atoms with Gasteiger partial charge >= 0.3 is 13.2 Å². The number of alkyl carbamates (subject to hydrolysis) is 1. The molecule has 2 heterocycles. The van der Waals surface area contributed by atoms with E-state index >= 15 is 0 Å². The van der Waals surface area contributed by atoms with Crippen molar-refractivity contribution in [2.24, 2.45) is 5.92 Å². The van der Waals surface area contributed by atoms with E-state index in [4.69, 9.17) is 9.31 Å². The number of likely N-dealkylation sites (tertiary alicyclic amines) is 1. The highest BCUT2D eigenvalue weighted by atomic mass is 16.7. The number of ether oxygens (including phenoxy) is 1. The highest BCUT2D eigenvalue weighted by Gasteiger charge is 2.51. The lowest BCUT2D eigenvalue weighted by atomic mass is 9.78. The molecular formula is C30H40BN3O6. The fraction of sp³-hybridized carbons (Fsp3) is 0.500. The maximum Gasteiger partial charge on any atom is 0.494 e. The van der Waals surface area contributed by atoms with Gasteiger partial charge < -0.3 is 29.6 Å². The summed E-state index contributed by atoms with van der Waals surface area (Å²) < 4.78 is 17.0. The molecule has 4 rings (SSSR count). The van der Waals surface area contributed by atoms with Crippen LogP contribution >= 0.6 is 0 Å². The first-order valence-electron chi connectivity index (χ1n) is 13.8. The largest absolute Gasteiger partial charge is 0.494 e. The highest BCUT2D eigenvalue weighted by Crippen LogP contribution is 2.36. The van der Waals surface area contributed by atoms with Gasteiger partial charge in [0.25, 0.3) is 0 Å². The number of amides is 3. The molecule has 2 aromatic carbocycles. The fourth-order valence-electron chi connectivity index (χ4n) is 4.96. The summed E-state index contributed by atoms with van der Waals surface area (Å²) in [5.74, 6) is -0.683. The van der Waals surface area contributed by atoms with E-state index in [1.807, 2.05) is 90.1 Å². The van der Waals surface area contributed by atoms with Crippen molar-refractivity contribution in [2.75, 3.05) is 19.0 Å². The summed E-state index contributed by atoms with van der Waals surface area (Å²) in [5, 5.41) is 5.55. The van der Waals surface area contributed by atoms with Gasteiger partial charge in [-0.1, -0.05) is 50.2 Å². The van der Waals surface area contributed by atoms with Crippen molar-refractivity contribution in [3.8, 4) is 11.1 Å². The minimum absolute atomic E-state index is 0.158. The second-order valence-electron chi connectivity index (χ2n) is 11.8. The van der Waals surface area contributed by atoms with Gasteiger partial charge in [0.05, 0.1) is 18.3 Å². The van der Waals surface area contributed by atoms with E-state index in [1.165, 1.54) is 7.11 Å². The maximum atomic E-state index is 13.2. The fourth-order valence-corrected chi connectivity index (χ4v) is 4.96. The number of carbonyl (C=O) groups excluding carboxylic acids is 3. The van der Waals surface area contributed by atoms with Gasteiger partial charge in [-0.15, -0.1) is 0 Å². The van der Waals surface area contributed by atoms with Crippen LogP contribution in [0.2, 0.25) is 0 Å². The van der Waals surface area contributed by atoms with Crippen molar-refractivity contribution in [3.63, 3.8) is 0 Å². The first-order valence-corrected chi connectivity index (χ1v) is 13.8. The average molecular weight is 549 g/mol. The molecule has 214 valence electrons. The molecule has 2 aromatic rings. The quantitative estimate of drug-likeness (QED) is 0.507. The number of hydrogen-bond donors (Lipinski definition) is 2. The second kappa shape index (κ2) is 11.6. The molecule has 0 bridgehead atoms. The maximum absolute atomic E-state index is 13.2. The Hall–Kier alpha value is -3.37. The van der Waals surface area contributed by atoms with E-state index in [2.05, 4.69) is 15.4 Å². The molecule has 2 N–H and O–H groups in total. The molecule has 0 aliphatic carbocycles. The van der Waals surface area contributed by atoms with Crippen LogP contribution in [-0.2, 0) is 23.6 Å². The van der Waals surface area contributed by atoms with Gasteiger partial charge in [-0.3, -0.25) is 9.59 Å². The molecule has 2 fully saturated rings. The Balaban J connectivity index is 1.39. The van der Waals surface area contributed by atoms with Crippen LogP contribution in [0, 0.1) is 5.92 Å². The lowest BCUT2D eigenvalue weighted by Gasteiger charge is -2.32. The van der Waals surface area contributed by atoms with Crippen molar-refractivity contribution >= 4 is 36.2 Å². The molecular weight excluding hydrogens is 509 g/mol. The van der Waals surface area contributed by atoms with Crippen LogP contribution in [0.3, 0.4) is 0 Å². The van der Waals surface area contributed by atoms with Crippen LogP contribution in [0.15, 0.2) is 48.5 Å². The van der Waals surface area contributed by atoms with Gasteiger partial charge in [0.1, 0.15) is 12.1 Å². The van der Waals surface area contributed by atoms with Crippen molar-refractivity contribution in [1.29, 1.82) is 0 Å². The smallest absolute Gasteiger partial charge is 0.453 e. The Bertz CT molecular complexity index is 1210. The summed E-state index contributed by atoms with van der Waals surface area (Å²) in [4.78, 5) is 39.7. The van der Waals surface area contributed by atoms with Crippen molar-refractivity contribution < 1.29 is 28.4 Å². The van der Waals surface area contributed by atoms with Crippen molar-refractivity contribution in [2.45, 2.75) is 77.7 Å². The predicted octanol–water partition coefficient (Wildman–Crippen LogP) is 3.96. The van der Waals surface area contributed by atoms with E-state index in [-0.39, 0.29) is 17.7 Å². The second-order valence-corrected chi connectivity index (χ2v) is 11.8. The van der Waals surface area contributed by atoms with Gasteiger partial charge in [0.15, 0.2) is 0 Å². The molecule has 2 aliphatic heterocycles. The first-order chi connectivity index (χ1) is 18.8. The van der Waals surface area contributed by atoms with Crippen LogP contribution in [-0.4, -0.2) is 66.9 Å². The van der Waals surface area contributed by atoms with Crippen LogP contribution in [0.25, 0.3) is 11.1 Å². The Labute approximate surface area is 237 Å². The third-order valence-electron chi connectivity index (χ3n) is 8.15. The number of benzene rings is 2. The van der Waals surface area contributed by atoms with Crippen LogP contribution < -0.4 is 16.1 Å². The van der Waals surface area contributed by atoms with Crippen LogP contribution in [0.1, 0.15) is 54.4 Å². The molecule has 0 aromatic heterocycles. The monoisotopic (exact) mass is 549 g/mol. The number of rotatable bonds is 7. The van der Waals surface area contributed by atoms with E-state index < -0.39 is 36.5 Å². The molecule has 10 heteroatoms. The minimum atomic E-state index is -0.767. The first kappa shape index (κ1) is 29.6. The number of methoxy groups -OCH3 is 1. The van der Waals surface area contributed by atoms with E-state index in [0.29, 0.717) is 25.1 Å². The molecule has 2 aliphatic rings. The van der Waals surface area contributed by atoms with Gasteiger partial charge in [0.2, 0.25) is 11.8 Å². The number of carbonyl (C=O) groups is 3. The van der Waals surface area contributed by atoms with Crippen LogP contribution in [0.4, 0.5) is 10.5 Å². The molecule has 0 saturated carbocycles. The van der Waals surface area contributed by atoms with E-state index in [9.17, 15) is 14.4 Å². The van der Waals surface area contributed by atoms with Gasteiger partial charge in [0, 0.05) is 12.2 Å². The highest BCUT2D eigenvalue weighted by molar-refractivity contribution is 6.62. The normalized spacial score (nSPS) is 20.4. The van der Waals surface area contributed by atoms with Crippen LogP contribution in [0.5, 0.6) is 0 Å². The average Bonchev–Trinajstić information content (AvgIpc) is 3.49. The predicted molar refractivity (Wildman–Crippen MR) is 155 cm³/mol. The van der Waals surface area contributed by atoms with Gasteiger partial charge in [-0.25, -0.2) is 4.79 Å². The zero-order valence-electron chi connectivity index (χ0n) is 24.4. The Morgan fingerprint density at radius 2 is 1.50 bits per heavy atom. The van der Waals surface area contributed by atoms with Gasteiger partial charge in [-0.2, -0.15) is 0 Å². The molecule has 40 heavy (non-hydrogen) atoms. The topological polar surface area (TPSA) is 106 Å². The lowest BCUT2D eigenvalue weighted by Crippen LogP contribution is -2.54. The summed E-state index contributed by atoms with van der Waals surface area (Å²) >= 11 is 0. The molecule has 2 atom stereocenters. The molecule has 2 saturated heterocycles. The Morgan fingerprint density at radius 3 is 2.02 bits per heavy atom. The molecule has 0 spiro atoms. The SMILES string of the molecule is COC(=O)NC(C(=O)N1CCC[C@H]1C(=O)Nc1ccc(-c2ccc(B3OC(C)(C)C(C)(C)O3)cc2)cc1)C(C)C. The summed E-state index contributed by atoms with van der Waals surface area (Å²) in [5.41, 5.74) is 2.86. The van der Waals surface area contributed by atoms with Crippen molar-refractivity contribution in [1.82, 2.24) is 10.2 Å². The number of hydrogen-bond acceptors (Lipinski definition) is 6. The molecule has 3 amide bonds. The lowest BCUT2D eigenvalue weighted by molar-refractivity contribution is -0.139. The summed E-state index contributed by atoms with van der Waals surface area (Å²) in [6.45, 7) is 12.3. The minimum Gasteiger partial charge on any atom is -0.453 e. The van der Waals surface area contributed by atoms with Crippen molar-refractivity contribution in [3.05, 3.63) is 48.5 Å². The summed E-state index contributed by atoms with van der Waals surface area (Å²) in [7, 11) is 0.844. The molecule has 9 nitrogen and oxygen atoms in total. The third-order valence-corrected chi connectivity index (χ3v) is 8.15. The van der Waals surface area contributed by atoms with E-state index in [0.717, 1.165) is 16.6 Å². The molecule has 0 radical (unpaired) electrons. The standard InChI is InChI=1S/C30H40BN3O6/c1-19(2)25(33-28(37)38-7)27(36)34-18-8-9-24(34)26(35)32-23-16-12-21(13-17-23)20-10-14-22(15-11-20)31-39-29(3,4)30(5,6)40-31/h10-17,19,24-25H,8-9,18H2,1-7H3,(H,32,35)(H,33,37)/t24-,25?/m0/s1. The zero-order valence-corrected chi connectivity index (χ0v) is 24.4. The Kier molecular flexibility index (Phi) is 8.61. The summed E-state index contributed by atoms with van der Waals surface area (Å²) in [6.07, 6.45) is 0.608. The summed E-state index contributed by atoms with van der Waals surface area (Å²) in [6, 6.07) is 14.3. The zero-order chi connectivity index (χ0) is 29.2.